The molecule has 0 fully saturated rings. The van der Waals surface area contributed by atoms with Gasteiger partial charge in [0, 0.05) is 11.4 Å². The first-order valence-electron chi connectivity index (χ1n) is 10.8. The van der Waals surface area contributed by atoms with Gasteiger partial charge < -0.3 is 19.4 Å². The zero-order valence-corrected chi connectivity index (χ0v) is 22.1. The third kappa shape index (κ3) is 5.73. The van der Waals surface area contributed by atoms with Gasteiger partial charge in [0.05, 0.1) is 23.4 Å². The lowest BCUT2D eigenvalue weighted by Gasteiger charge is -2.16. The van der Waals surface area contributed by atoms with Gasteiger partial charge in [0.2, 0.25) is 5.91 Å². The van der Waals surface area contributed by atoms with E-state index in [-0.39, 0.29) is 17.8 Å². The average Bonchev–Trinajstić information content (AvgIpc) is 3.38. The largest absolute Gasteiger partial charge is 0.481 e. The number of hydrogen-bond acceptors (Lipinski definition) is 8. The van der Waals surface area contributed by atoms with E-state index in [1.165, 1.54) is 30.2 Å². The third-order valence-electron chi connectivity index (χ3n) is 5.10. The molecule has 8 nitrogen and oxygen atoms in total. The number of carbonyl (C=O) groups is 2. The van der Waals surface area contributed by atoms with E-state index in [1.807, 2.05) is 44.4 Å². The van der Waals surface area contributed by atoms with Crippen LogP contribution < -0.4 is 10.1 Å². The standard InChI is InChI=1S/C23H27ClN4O4S2/c1-6-15-14(4)34-21(19(15)22(30)31-5)25-18(29)12-33-23-27-26-20(28(23)7-2)13(3)32-17-11-9-8-10-16(17)24/h8-11,13H,6-7,12H2,1-5H3,(H,25,29). The van der Waals surface area contributed by atoms with Crippen LogP contribution in [0, 0.1) is 6.92 Å². The highest BCUT2D eigenvalue weighted by Gasteiger charge is 2.24. The maximum absolute atomic E-state index is 12.7. The fourth-order valence-corrected chi connectivity index (χ4v) is 5.63. The molecule has 0 saturated carbocycles. The van der Waals surface area contributed by atoms with Crippen molar-refractivity contribution in [3.8, 4) is 5.75 Å². The van der Waals surface area contributed by atoms with E-state index < -0.39 is 5.97 Å². The molecule has 0 bridgehead atoms. The molecule has 1 atom stereocenters. The number of anilines is 1. The van der Waals surface area contributed by atoms with Gasteiger partial charge in [-0.2, -0.15) is 0 Å². The van der Waals surface area contributed by atoms with Crippen LogP contribution >= 0.6 is 34.7 Å². The average molecular weight is 523 g/mol. The first-order chi connectivity index (χ1) is 16.3. The minimum Gasteiger partial charge on any atom is -0.481 e. The van der Waals surface area contributed by atoms with Crippen molar-refractivity contribution in [3.63, 3.8) is 0 Å². The number of carbonyl (C=O) groups excluding carboxylic acids is 2. The number of esters is 1. The smallest absolute Gasteiger partial charge is 0.341 e. The Labute approximate surface area is 212 Å². The molecule has 3 rings (SSSR count). The molecule has 0 aliphatic carbocycles. The number of hydrogen-bond donors (Lipinski definition) is 1. The van der Waals surface area contributed by atoms with Crippen LogP contribution in [-0.2, 0) is 22.5 Å². The molecule has 0 saturated heterocycles. The van der Waals surface area contributed by atoms with Crippen molar-refractivity contribution in [2.45, 2.75) is 51.9 Å². The van der Waals surface area contributed by atoms with Gasteiger partial charge in [0.25, 0.3) is 0 Å². The number of ether oxygens (including phenoxy) is 2. The monoisotopic (exact) mass is 522 g/mol. The lowest BCUT2D eigenvalue weighted by molar-refractivity contribution is -0.113. The summed E-state index contributed by atoms with van der Waals surface area (Å²) >= 11 is 8.84. The summed E-state index contributed by atoms with van der Waals surface area (Å²) in [5, 5.41) is 13.0. The molecule has 1 N–H and O–H groups in total. The minimum atomic E-state index is -0.452. The summed E-state index contributed by atoms with van der Waals surface area (Å²) in [5.41, 5.74) is 1.32. The Morgan fingerprint density at radius 1 is 1.26 bits per heavy atom. The van der Waals surface area contributed by atoms with Crippen molar-refractivity contribution in [2.24, 2.45) is 0 Å². The van der Waals surface area contributed by atoms with Crippen LogP contribution in [0.3, 0.4) is 0 Å². The van der Waals surface area contributed by atoms with Gasteiger partial charge in [-0.25, -0.2) is 4.79 Å². The quantitative estimate of drug-likeness (QED) is 0.276. The number of thioether (sulfide) groups is 1. The van der Waals surface area contributed by atoms with Crippen molar-refractivity contribution in [1.82, 2.24) is 14.8 Å². The Hall–Kier alpha value is -2.56. The molecule has 34 heavy (non-hydrogen) atoms. The number of aryl methyl sites for hydroxylation is 1. The van der Waals surface area contributed by atoms with Crippen LogP contribution in [0.15, 0.2) is 29.4 Å². The predicted octanol–water partition coefficient (Wildman–Crippen LogP) is 5.54. The highest BCUT2D eigenvalue weighted by molar-refractivity contribution is 7.99. The summed E-state index contributed by atoms with van der Waals surface area (Å²) in [7, 11) is 1.34. The topological polar surface area (TPSA) is 95.3 Å². The highest BCUT2D eigenvalue weighted by Crippen LogP contribution is 2.34. The van der Waals surface area contributed by atoms with Crippen LogP contribution in [0.25, 0.3) is 0 Å². The zero-order chi connectivity index (χ0) is 24.8. The second kappa shape index (κ2) is 11.7. The Morgan fingerprint density at radius 2 is 2.00 bits per heavy atom. The van der Waals surface area contributed by atoms with Gasteiger partial charge in [-0.05, 0) is 44.9 Å². The summed E-state index contributed by atoms with van der Waals surface area (Å²) in [5.74, 6) is 0.616. The van der Waals surface area contributed by atoms with Gasteiger partial charge in [-0.15, -0.1) is 21.5 Å². The molecular formula is C23H27ClN4O4S2. The van der Waals surface area contributed by atoms with E-state index in [4.69, 9.17) is 21.1 Å². The number of nitrogens with one attached hydrogen (secondary N) is 1. The van der Waals surface area contributed by atoms with Crippen LogP contribution in [0.5, 0.6) is 5.75 Å². The number of para-hydroxylation sites is 1. The number of halogens is 1. The molecule has 0 aliphatic rings. The summed E-state index contributed by atoms with van der Waals surface area (Å²) in [4.78, 5) is 26.0. The molecule has 0 spiro atoms. The van der Waals surface area contributed by atoms with Crippen LogP contribution in [-0.4, -0.2) is 39.5 Å². The summed E-state index contributed by atoms with van der Waals surface area (Å²) in [6.45, 7) is 8.35. The van der Waals surface area contributed by atoms with E-state index >= 15 is 0 Å². The number of methoxy groups -OCH3 is 1. The van der Waals surface area contributed by atoms with Gasteiger partial charge in [-0.3, -0.25) is 4.79 Å². The van der Waals surface area contributed by atoms with Crippen molar-refractivity contribution in [1.29, 1.82) is 0 Å². The second-order valence-electron chi connectivity index (χ2n) is 7.30. The normalized spacial score (nSPS) is 11.8. The molecule has 0 aliphatic heterocycles. The lowest BCUT2D eigenvalue weighted by atomic mass is 10.1. The summed E-state index contributed by atoms with van der Waals surface area (Å²) in [6, 6.07) is 7.24. The summed E-state index contributed by atoms with van der Waals surface area (Å²) in [6.07, 6.45) is 0.286. The Morgan fingerprint density at radius 3 is 2.65 bits per heavy atom. The SMILES string of the molecule is CCc1c(C)sc(NC(=O)CSc2nnc(C(C)Oc3ccccc3Cl)n2CC)c1C(=O)OC. The third-order valence-corrected chi connectivity index (χ3v) is 7.44. The number of amides is 1. The summed E-state index contributed by atoms with van der Waals surface area (Å²) < 4.78 is 12.8. The molecular weight excluding hydrogens is 496 g/mol. The Kier molecular flexibility index (Phi) is 8.98. The Bertz CT molecular complexity index is 1180. The van der Waals surface area contributed by atoms with E-state index in [9.17, 15) is 9.59 Å². The minimum absolute atomic E-state index is 0.108. The number of aromatic nitrogens is 3. The zero-order valence-electron chi connectivity index (χ0n) is 19.7. The number of thiophene rings is 1. The predicted molar refractivity (Wildman–Crippen MR) is 135 cm³/mol. The molecule has 182 valence electrons. The maximum Gasteiger partial charge on any atom is 0.341 e. The van der Waals surface area contributed by atoms with Crippen molar-refractivity contribution >= 4 is 51.6 Å². The number of nitrogens with zero attached hydrogens (tertiary/aromatic N) is 3. The first kappa shape index (κ1) is 26.1. The molecule has 1 aromatic carbocycles. The molecule has 3 aromatic rings. The lowest BCUT2D eigenvalue weighted by Crippen LogP contribution is -2.17. The highest BCUT2D eigenvalue weighted by atomic mass is 35.5. The molecule has 2 aromatic heterocycles. The van der Waals surface area contributed by atoms with E-state index in [1.54, 1.807) is 12.1 Å². The fourth-order valence-electron chi connectivity index (χ4n) is 3.49. The van der Waals surface area contributed by atoms with E-state index in [0.29, 0.717) is 45.3 Å². The molecule has 2 heterocycles. The van der Waals surface area contributed by atoms with Gasteiger partial charge in [0.1, 0.15) is 10.8 Å². The number of rotatable bonds is 10. The first-order valence-corrected chi connectivity index (χ1v) is 13.0. The van der Waals surface area contributed by atoms with Crippen LogP contribution in [0.4, 0.5) is 5.00 Å². The fraction of sp³-hybridized carbons (Fsp3) is 0.391. The van der Waals surface area contributed by atoms with E-state index in [2.05, 4.69) is 15.5 Å². The molecule has 1 unspecified atom stereocenters. The number of benzene rings is 1. The maximum atomic E-state index is 12.7. The van der Waals surface area contributed by atoms with Crippen molar-refractivity contribution in [2.75, 3.05) is 18.2 Å². The van der Waals surface area contributed by atoms with Crippen molar-refractivity contribution in [3.05, 3.63) is 51.1 Å². The van der Waals surface area contributed by atoms with Crippen LogP contribution in [0.2, 0.25) is 5.02 Å². The van der Waals surface area contributed by atoms with E-state index in [0.717, 1.165) is 10.4 Å². The van der Waals surface area contributed by atoms with Gasteiger partial charge in [0.15, 0.2) is 17.1 Å². The second-order valence-corrected chi connectivity index (χ2v) is 9.87. The molecule has 0 radical (unpaired) electrons. The molecule has 1 amide bonds. The van der Waals surface area contributed by atoms with Crippen LogP contribution in [0.1, 0.15) is 53.5 Å². The molecule has 11 heteroatoms. The Balaban J connectivity index is 1.70. The van der Waals surface area contributed by atoms with Crippen molar-refractivity contribution < 1.29 is 19.1 Å². The van der Waals surface area contributed by atoms with Gasteiger partial charge >= 0.3 is 5.97 Å². The van der Waals surface area contributed by atoms with Gasteiger partial charge in [-0.1, -0.05) is 42.4 Å².